The Balaban J connectivity index is 1.68. The third-order valence-electron chi connectivity index (χ3n) is 7.30. The smallest absolute Gasteiger partial charge is 0.274 e. The fourth-order valence-electron chi connectivity index (χ4n) is 5.05. The number of hydrogen-bond donors (Lipinski definition) is 2. The highest BCUT2D eigenvalue weighted by atomic mass is 35.5. The molecule has 1 atom stereocenters. The third kappa shape index (κ3) is 6.00. The zero-order valence-electron chi connectivity index (χ0n) is 22.3. The minimum absolute atomic E-state index is 0.0627. The van der Waals surface area contributed by atoms with Gasteiger partial charge >= 0.3 is 0 Å². The van der Waals surface area contributed by atoms with Crippen LogP contribution in [0.5, 0.6) is 0 Å². The maximum Gasteiger partial charge on any atom is 0.274 e. The predicted molar refractivity (Wildman–Crippen MR) is 147 cm³/mol. The lowest BCUT2D eigenvalue weighted by molar-refractivity contribution is -0.133. The van der Waals surface area contributed by atoms with Gasteiger partial charge < -0.3 is 20.9 Å². The molecule has 1 aromatic carbocycles. The van der Waals surface area contributed by atoms with Gasteiger partial charge in [-0.05, 0) is 56.4 Å². The number of carbonyl (C=O) groups is 3. The number of nitrogens with one attached hydrogen (secondary N) is 1. The second-order valence-electron chi connectivity index (χ2n) is 11.3. The van der Waals surface area contributed by atoms with E-state index in [4.69, 9.17) is 28.9 Å². The van der Waals surface area contributed by atoms with Crippen LogP contribution in [-0.2, 0) is 17.3 Å². The van der Waals surface area contributed by atoms with Crippen LogP contribution in [0.15, 0.2) is 24.3 Å². The van der Waals surface area contributed by atoms with Crippen molar-refractivity contribution in [1.29, 1.82) is 0 Å². The summed E-state index contributed by atoms with van der Waals surface area (Å²) in [5, 5.41) is 8.20. The SMILES string of the molecule is Cn1nc(C(C)(C)C)cc1C(=O)N1CCCN(C(=O)c2ccc(Cl)c(Cl)c2)C1C(=O)NC1CCC(N)CC1. The summed E-state index contributed by atoms with van der Waals surface area (Å²) < 4.78 is 1.54. The van der Waals surface area contributed by atoms with Crippen LogP contribution in [0.1, 0.15) is 79.4 Å². The Labute approximate surface area is 233 Å². The maximum absolute atomic E-state index is 13.9. The molecular formula is C27H36Cl2N6O3. The molecule has 2 fully saturated rings. The largest absolute Gasteiger partial charge is 0.350 e. The summed E-state index contributed by atoms with van der Waals surface area (Å²) in [6, 6.07) is 6.44. The van der Waals surface area contributed by atoms with Gasteiger partial charge in [-0.3, -0.25) is 19.1 Å². The summed E-state index contributed by atoms with van der Waals surface area (Å²) >= 11 is 12.2. The topological polar surface area (TPSA) is 114 Å². The van der Waals surface area contributed by atoms with Crippen molar-refractivity contribution < 1.29 is 14.4 Å². The zero-order valence-corrected chi connectivity index (χ0v) is 23.8. The Morgan fingerprint density at radius 2 is 1.61 bits per heavy atom. The van der Waals surface area contributed by atoms with Crippen LogP contribution in [0, 0.1) is 0 Å². The summed E-state index contributed by atoms with van der Waals surface area (Å²) in [7, 11) is 1.71. The second kappa shape index (κ2) is 11.2. The number of nitrogens with zero attached hydrogens (tertiary/aromatic N) is 4. The van der Waals surface area contributed by atoms with Crippen LogP contribution in [0.4, 0.5) is 0 Å². The molecule has 1 saturated carbocycles. The molecule has 0 radical (unpaired) electrons. The van der Waals surface area contributed by atoms with E-state index in [1.807, 2.05) is 20.8 Å². The van der Waals surface area contributed by atoms with Crippen LogP contribution >= 0.6 is 23.2 Å². The highest BCUT2D eigenvalue weighted by molar-refractivity contribution is 6.42. The van der Waals surface area contributed by atoms with E-state index in [-0.39, 0.29) is 34.3 Å². The molecule has 0 spiro atoms. The van der Waals surface area contributed by atoms with Gasteiger partial charge in [-0.25, -0.2) is 0 Å². The van der Waals surface area contributed by atoms with Crippen molar-refractivity contribution in [1.82, 2.24) is 24.9 Å². The van der Waals surface area contributed by atoms with Crippen LogP contribution in [-0.4, -0.2) is 68.6 Å². The van der Waals surface area contributed by atoms with Crippen LogP contribution in [0.25, 0.3) is 0 Å². The molecule has 2 aliphatic rings. The van der Waals surface area contributed by atoms with Crippen LogP contribution < -0.4 is 11.1 Å². The summed E-state index contributed by atoms with van der Waals surface area (Å²) in [4.78, 5) is 44.3. The standard InChI is InChI=1S/C27H36Cl2N6O3/c1-27(2,3)22-15-21(33(4)32-22)26(38)35-13-5-12-34(25(37)16-6-11-19(28)20(29)14-16)24(35)23(36)31-18-9-7-17(30)8-10-18/h6,11,14-15,17-18,24H,5,7-10,12-13,30H2,1-4H3,(H,31,36). The molecule has 1 aliphatic heterocycles. The molecular weight excluding hydrogens is 527 g/mol. The third-order valence-corrected chi connectivity index (χ3v) is 8.04. The van der Waals surface area contributed by atoms with Crippen molar-refractivity contribution in [3.05, 3.63) is 51.3 Å². The van der Waals surface area contributed by atoms with Gasteiger partial charge in [0.15, 0.2) is 6.17 Å². The normalized spacial score (nSPS) is 22.3. The van der Waals surface area contributed by atoms with Gasteiger partial charge in [0, 0.05) is 43.2 Å². The average Bonchev–Trinajstić information content (AvgIpc) is 3.28. The lowest BCUT2D eigenvalue weighted by Gasteiger charge is -2.43. The van der Waals surface area contributed by atoms with E-state index in [0.29, 0.717) is 35.8 Å². The summed E-state index contributed by atoms with van der Waals surface area (Å²) in [5.74, 6) is -1.13. The predicted octanol–water partition coefficient (Wildman–Crippen LogP) is 3.72. The van der Waals surface area contributed by atoms with Gasteiger partial charge in [0.1, 0.15) is 5.69 Å². The Bertz CT molecular complexity index is 1220. The average molecular weight is 564 g/mol. The molecule has 4 rings (SSSR count). The molecule has 0 bridgehead atoms. The Kier molecular flexibility index (Phi) is 8.40. The van der Waals surface area contributed by atoms with E-state index < -0.39 is 12.1 Å². The Morgan fingerprint density at radius 1 is 0.974 bits per heavy atom. The molecule has 3 N–H and O–H groups in total. The molecule has 2 aromatic rings. The first-order chi connectivity index (χ1) is 17.9. The summed E-state index contributed by atoms with van der Waals surface area (Å²) in [5.41, 5.74) is 7.21. The van der Waals surface area contributed by atoms with Gasteiger partial charge in [-0.1, -0.05) is 44.0 Å². The monoisotopic (exact) mass is 562 g/mol. The molecule has 2 heterocycles. The Morgan fingerprint density at radius 3 is 2.18 bits per heavy atom. The molecule has 3 amide bonds. The van der Waals surface area contributed by atoms with Gasteiger partial charge in [-0.2, -0.15) is 5.10 Å². The maximum atomic E-state index is 13.9. The highest BCUT2D eigenvalue weighted by Gasteiger charge is 2.42. The zero-order chi connectivity index (χ0) is 27.8. The fourth-order valence-corrected chi connectivity index (χ4v) is 5.35. The molecule has 11 heteroatoms. The van der Waals surface area contributed by atoms with E-state index >= 15 is 0 Å². The molecule has 1 saturated heterocycles. The number of aryl methyl sites for hydroxylation is 1. The van der Waals surface area contributed by atoms with Crippen molar-refractivity contribution in [2.24, 2.45) is 12.8 Å². The molecule has 1 unspecified atom stereocenters. The lowest BCUT2D eigenvalue weighted by Crippen LogP contribution is -2.64. The first-order valence-electron chi connectivity index (χ1n) is 13.0. The molecule has 1 aliphatic carbocycles. The van der Waals surface area contributed by atoms with E-state index in [0.717, 1.165) is 31.4 Å². The van der Waals surface area contributed by atoms with Crippen molar-refractivity contribution in [3.8, 4) is 0 Å². The minimum atomic E-state index is -1.12. The second-order valence-corrected chi connectivity index (χ2v) is 12.1. The number of amides is 3. The van der Waals surface area contributed by atoms with E-state index in [1.54, 1.807) is 29.9 Å². The van der Waals surface area contributed by atoms with Crippen molar-refractivity contribution in [2.45, 2.75) is 76.5 Å². The summed E-state index contributed by atoms with van der Waals surface area (Å²) in [6.07, 6.45) is 2.53. The molecule has 38 heavy (non-hydrogen) atoms. The van der Waals surface area contributed by atoms with Crippen LogP contribution in [0.3, 0.4) is 0 Å². The van der Waals surface area contributed by atoms with Crippen molar-refractivity contribution in [3.63, 3.8) is 0 Å². The quantitative estimate of drug-likeness (QED) is 0.589. The minimum Gasteiger partial charge on any atom is -0.350 e. The number of carbonyl (C=O) groups excluding carboxylic acids is 3. The number of benzene rings is 1. The van der Waals surface area contributed by atoms with Gasteiger partial charge in [0.05, 0.1) is 15.7 Å². The van der Waals surface area contributed by atoms with E-state index in [9.17, 15) is 14.4 Å². The van der Waals surface area contributed by atoms with E-state index in [2.05, 4.69) is 10.4 Å². The number of aromatic nitrogens is 2. The first-order valence-corrected chi connectivity index (χ1v) is 13.8. The van der Waals surface area contributed by atoms with Crippen LogP contribution in [0.2, 0.25) is 10.0 Å². The van der Waals surface area contributed by atoms with Gasteiger partial charge in [0.2, 0.25) is 0 Å². The number of hydrogen-bond acceptors (Lipinski definition) is 5. The molecule has 206 valence electrons. The lowest BCUT2D eigenvalue weighted by atomic mass is 9.91. The van der Waals surface area contributed by atoms with Crippen molar-refractivity contribution in [2.75, 3.05) is 13.1 Å². The summed E-state index contributed by atoms with van der Waals surface area (Å²) in [6.45, 7) is 6.71. The fraction of sp³-hybridized carbons (Fsp3) is 0.556. The van der Waals surface area contributed by atoms with Gasteiger partial charge in [-0.15, -0.1) is 0 Å². The number of rotatable bonds is 4. The number of halogens is 2. The Hall–Kier alpha value is -2.62. The van der Waals surface area contributed by atoms with Crippen molar-refractivity contribution >= 4 is 40.9 Å². The number of nitrogens with two attached hydrogens (primary N) is 1. The van der Waals surface area contributed by atoms with E-state index in [1.165, 1.54) is 15.9 Å². The van der Waals surface area contributed by atoms with Gasteiger partial charge in [0.25, 0.3) is 17.7 Å². The highest BCUT2D eigenvalue weighted by Crippen LogP contribution is 2.28. The molecule has 9 nitrogen and oxygen atoms in total. The first kappa shape index (κ1) is 28.4. The molecule has 1 aromatic heterocycles.